The highest BCUT2D eigenvalue weighted by atomic mass is 32.2. The summed E-state index contributed by atoms with van der Waals surface area (Å²) in [5, 5.41) is 0. The minimum atomic E-state index is -3.85. The number of anilines is 1. The summed E-state index contributed by atoms with van der Waals surface area (Å²) in [7, 11) is -3.85. The summed E-state index contributed by atoms with van der Waals surface area (Å²) in [5.41, 5.74) is 1.43. The average Bonchev–Trinajstić information content (AvgIpc) is 2.78. The van der Waals surface area contributed by atoms with Crippen LogP contribution in [0.25, 0.3) is 0 Å². The van der Waals surface area contributed by atoms with Gasteiger partial charge in [0.05, 0.1) is 23.7 Å². The van der Waals surface area contributed by atoms with Gasteiger partial charge in [0.15, 0.2) is 11.5 Å². The number of ether oxygens (including phenoxy) is 3. The van der Waals surface area contributed by atoms with Gasteiger partial charge < -0.3 is 14.2 Å². The Labute approximate surface area is 176 Å². The van der Waals surface area contributed by atoms with Gasteiger partial charge in [-0.15, -0.1) is 0 Å². The zero-order valence-electron chi connectivity index (χ0n) is 16.7. The molecule has 0 unspecified atom stereocenters. The molecule has 0 radical (unpaired) electrons. The van der Waals surface area contributed by atoms with Gasteiger partial charge in [0.1, 0.15) is 19.0 Å². The fourth-order valence-corrected chi connectivity index (χ4v) is 4.72. The quantitative estimate of drug-likeness (QED) is 0.566. The maximum atomic E-state index is 13.6. The van der Waals surface area contributed by atoms with Crippen molar-refractivity contribution >= 4 is 15.7 Å². The van der Waals surface area contributed by atoms with Gasteiger partial charge >= 0.3 is 0 Å². The van der Waals surface area contributed by atoms with Crippen LogP contribution in [0.2, 0.25) is 0 Å². The fraction of sp³-hybridized carbons (Fsp3) is 0.217. The van der Waals surface area contributed by atoms with Gasteiger partial charge in [0, 0.05) is 6.07 Å². The van der Waals surface area contributed by atoms with Gasteiger partial charge in [-0.1, -0.05) is 30.3 Å². The second kappa shape index (κ2) is 8.67. The van der Waals surface area contributed by atoms with Crippen molar-refractivity contribution in [3.8, 4) is 17.2 Å². The highest BCUT2D eigenvalue weighted by Gasteiger charge is 2.27. The van der Waals surface area contributed by atoms with Crippen molar-refractivity contribution in [2.75, 3.05) is 24.1 Å². The van der Waals surface area contributed by atoms with Gasteiger partial charge in [-0.3, -0.25) is 4.31 Å². The van der Waals surface area contributed by atoms with Crippen LogP contribution in [0.3, 0.4) is 0 Å². The molecule has 30 heavy (non-hydrogen) atoms. The Bertz CT molecular complexity index is 1100. The van der Waals surface area contributed by atoms with E-state index in [-0.39, 0.29) is 11.4 Å². The summed E-state index contributed by atoms with van der Waals surface area (Å²) >= 11 is 0. The predicted molar refractivity (Wildman–Crippen MR) is 115 cm³/mol. The van der Waals surface area contributed by atoms with Gasteiger partial charge in [-0.2, -0.15) is 0 Å². The Balaban J connectivity index is 1.74. The van der Waals surface area contributed by atoms with E-state index in [0.717, 1.165) is 5.56 Å². The molecule has 0 fully saturated rings. The van der Waals surface area contributed by atoms with Crippen LogP contribution in [0.4, 0.5) is 5.69 Å². The van der Waals surface area contributed by atoms with Gasteiger partial charge in [-0.05, 0) is 48.9 Å². The van der Waals surface area contributed by atoms with Crippen molar-refractivity contribution in [2.45, 2.75) is 18.4 Å². The largest absolute Gasteiger partial charge is 0.494 e. The number of sulfonamides is 1. The smallest absolute Gasteiger partial charge is 0.264 e. The van der Waals surface area contributed by atoms with E-state index in [1.54, 1.807) is 36.4 Å². The lowest BCUT2D eigenvalue weighted by Gasteiger charge is -2.26. The molecule has 0 aliphatic carbocycles. The maximum absolute atomic E-state index is 13.6. The molecule has 1 heterocycles. The third-order valence-corrected chi connectivity index (χ3v) is 6.48. The molecule has 156 valence electrons. The normalized spacial score (nSPS) is 13.0. The number of rotatable bonds is 7. The molecule has 0 bridgehead atoms. The first kappa shape index (κ1) is 20.1. The molecule has 0 saturated carbocycles. The molecule has 0 aromatic heterocycles. The molecule has 0 atom stereocenters. The molecule has 0 saturated heterocycles. The molecule has 0 amide bonds. The van der Waals surface area contributed by atoms with Crippen molar-refractivity contribution in [2.24, 2.45) is 0 Å². The van der Waals surface area contributed by atoms with Crippen molar-refractivity contribution in [3.63, 3.8) is 0 Å². The third kappa shape index (κ3) is 4.21. The number of hydrogen-bond acceptors (Lipinski definition) is 5. The Hall–Kier alpha value is -3.19. The van der Waals surface area contributed by atoms with Gasteiger partial charge in [0.2, 0.25) is 0 Å². The second-order valence-electron chi connectivity index (χ2n) is 6.73. The Kier molecular flexibility index (Phi) is 5.81. The van der Waals surface area contributed by atoms with E-state index in [1.165, 1.54) is 10.4 Å². The van der Waals surface area contributed by atoms with E-state index in [1.807, 2.05) is 37.3 Å². The lowest BCUT2D eigenvalue weighted by molar-refractivity contribution is 0.171. The second-order valence-corrected chi connectivity index (χ2v) is 8.59. The van der Waals surface area contributed by atoms with Crippen LogP contribution in [0.5, 0.6) is 17.2 Å². The first-order chi connectivity index (χ1) is 14.6. The van der Waals surface area contributed by atoms with Crippen LogP contribution < -0.4 is 18.5 Å². The lowest BCUT2D eigenvalue weighted by Crippen LogP contribution is -2.30. The van der Waals surface area contributed by atoms with E-state index in [0.29, 0.717) is 42.8 Å². The number of nitrogens with zero attached hydrogens (tertiary/aromatic N) is 1. The summed E-state index contributed by atoms with van der Waals surface area (Å²) in [5.74, 6) is 1.68. The van der Waals surface area contributed by atoms with Crippen LogP contribution in [0.15, 0.2) is 77.7 Å². The monoisotopic (exact) mass is 425 g/mol. The zero-order valence-corrected chi connectivity index (χ0v) is 17.5. The summed E-state index contributed by atoms with van der Waals surface area (Å²) in [6.45, 7) is 3.49. The Morgan fingerprint density at radius 1 is 0.900 bits per heavy atom. The number of benzene rings is 3. The fourth-order valence-electron chi connectivity index (χ4n) is 3.25. The highest BCUT2D eigenvalue weighted by molar-refractivity contribution is 7.92. The molecular weight excluding hydrogens is 402 g/mol. The Morgan fingerprint density at radius 2 is 1.60 bits per heavy atom. The van der Waals surface area contributed by atoms with Crippen LogP contribution in [-0.2, 0) is 16.6 Å². The topological polar surface area (TPSA) is 65.1 Å². The average molecular weight is 426 g/mol. The first-order valence-electron chi connectivity index (χ1n) is 9.77. The summed E-state index contributed by atoms with van der Waals surface area (Å²) in [4.78, 5) is 0.150. The predicted octanol–water partition coefficient (Wildman–Crippen LogP) is 4.25. The van der Waals surface area contributed by atoms with Crippen LogP contribution in [-0.4, -0.2) is 28.2 Å². The highest BCUT2D eigenvalue weighted by Crippen LogP contribution is 2.35. The first-order valence-corrected chi connectivity index (χ1v) is 11.2. The minimum absolute atomic E-state index is 0.150. The molecule has 1 aliphatic heterocycles. The van der Waals surface area contributed by atoms with Crippen molar-refractivity contribution in [1.82, 2.24) is 0 Å². The van der Waals surface area contributed by atoms with E-state index in [9.17, 15) is 8.42 Å². The van der Waals surface area contributed by atoms with Crippen molar-refractivity contribution in [1.29, 1.82) is 0 Å². The van der Waals surface area contributed by atoms with E-state index in [2.05, 4.69) is 0 Å². The summed E-state index contributed by atoms with van der Waals surface area (Å²) < 4.78 is 45.3. The minimum Gasteiger partial charge on any atom is -0.494 e. The third-order valence-electron chi connectivity index (χ3n) is 4.71. The zero-order chi connectivity index (χ0) is 21.0. The van der Waals surface area contributed by atoms with E-state index in [4.69, 9.17) is 14.2 Å². The van der Waals surface area contributed by atoms with Crippen molar-refractivity contribution in [3.05, 3.63) is 78.4 Å². The molecule has 1 aliphatic rings. The molecule has 3 aromatic rings. The molecule has 0 N–H and O–H groups in total. The van der Waals surface area contributed by atoms with Crippen molar-refractivity contribution < 1.29 is 22.6 Å². The standard InChI is InChI=1S/C23H23NO5S/c1-2-27-20-10-8-19(9-11-20)24(17-18-6-4-3-5-7-18)30(25,26)21-12-13-22-23(16-21)29-15-14-28-22/h3-13,16H,2,14-15,17H2,1H3. The Morgan fingerprint density at radius 3 is 2.30 bits per heavy atom. The van der Waals surface area contributed by atoms with E-state index < -0.39 is 10.0 Å². The van der Waals surface area contributed by atoms with Crippen LogP contribution in [0, 0.1) is 0 Å². The number of hydrogen-bond donors (Lipinski definition) is 0. The van der Waals surface area contributed by atoms with Crippen LogP contribution >= 0.6 is 0 Å². The maximum Gasteiger partial charge on any atom is 0.264 e. The molecule has 4 rings (SSSR count). The van der Waals surface area contributed by atoms with Gasteiger partial charge in [-0.25, -0.2) is 8.42 Å². The summed E-state index contributed by atoms with van der Waals surface area (Å²) in [6, 6.07) is 21.3. The van der Waals surface area contributed by atoms with Gasteiger partial charge in [0.25, 0.3) is 10.0 Å². The van der Waals surface area contributed by atoms with E-state index >= 15 is 0 Å². The molecule has 6 nitrogen and oxygen atoms in total. The number of fused-ring (bicyclic) bond motifs is 1. The molecule has 7 heteroatoms. The van der Waals surface area contributed by atoms with Crippen LogP contribution in [0.1, 0.15) is 12.5 Å². The summed E-state index contributed by atoms with van der Waals surface area (Å²) in [6.07, 6.45) is 0. The molecule has 0 spiro atoms. The lowest BCUT2D eigenvalue weighted by atomic mass is 10.2. The molecular formula is C23H23NO5S. The SMILES string of the molecule is CCOc1ccc(N(Cc2ccccc2)S(=O)(=O)c2ccc3c(c2)OCCO3)cc1. The molecule has 3 aromatic carbocycles.